The second kappa shape index (κ2) is 10.7. The van der Waals surface area contributed by atoms with Gasteiger partial charge in [0.15, 0.2) is 12.2 Å². The maximum absolute atomic E-state index is 12.7. The van der Waals surface area contributed by atoms with E-state index in [0.717, 1.165) is 22.5 Å². The van der Waals surface area contributed by atoms with Crippen molar-refractivity contribution in [3.05, 3.63) is 102 Å². The van der Waals surface area contributed by atoms with Crippen LogP contribution in [-0.2, 0) is 16.0 Å². The highest BCUT2D eigenvalue weighted by Crippen LogP contribution is 2.26. The summed E-state index contributed by atoms with van der Waals surface area (Å²) in [4.78, 5) is 29.6. The van der Waals surface area contributed by atoms with Crippen LogP contribution in [-0.4, -0.2) is 62.4 Å². The summed E-state index contributed by atoms with van der Waals surface area (Å²) >= 11 is 0. The van der Waals surface area contributed by atoms with Crippen molar-refractivity contribution in [2.24, 2.45) is 5.92 Å². The van der Waals surface area contributed by atoms with E-state index >= 15 is 0 Å². The molecule has 3 heterocycles. The normalized spacial score (nSPS) is 14.4. The number of carbonyl (C=O) groups excluding carboxylic acids is 1. The summed E-state index contributed by atoms with van der Waals surface area (Å²) in [5.41, 5.74) is 3.19. The molecule has 0 aliphatic carbocycles. The van der Waals surface area contributed by atoms with Crippen LogP contribution in [0.25, 0.3) is 5.65 Å². The van der Waals surface area contributed by atoms with Gasteiger partial charge in [0, 0.05) is 19.3 Å². The minimum absolute atomic E-state index is 0.258. The van der Waals surface area contributed by atoms with Crippen molar-refractivity contribution in [3.8, 4) is 5.75 Å². The van der Waals surface area contributed by atoms with Crippen molar-refractivity contribution in [2.75, 3.05) is 19.7 Å². The molecule has 9 heteroatoms. The van der Waals surface area contributed by atoms with Gasteiger partial charge < -0.3 is 29.0 Å². The number of benzene rings is 2. The van der Waals surface area contributed by atoms with Gasteiger partial charge in [0.1, 0.15) is 18.0 Å². The topological polar surface area (TPSA) is 114 Å². The molecule has 0 saturated carbocycles. The molecule has 4 aromatic rings. The number of amides is 1. The Hall–Kier alpha value is -4.37. The number of ether oxygens (including phenoxy) is 2. The number of aliphatic hydroxyl groups is 1. The SMILES string of the molecule is O=C(OC(c1ccccc1)c1ccccc1)C(O)COc1ccc2nc(CC3CN(C(=O)O)C3)cn2c1. The third-order valence-corrected chi connectivity index (χ3v) is 6.32. The number of hydrogen-bond acceptors (Lipinski definition) is 6. The van der Waals surface area contributed by atoms with Gasteiger partial charge in [0.05, 0.1) is 11.9 Å². The Morgan fingerprint density at radius 3 is 2.22 bits per heavy atom. The summed E-state index contributed by atoms with van der Waals surface area (Å²) in [6.45, 7) is 0.761. The predicted octanol–water partition coefficient (Wildman–Crippen LogP) is 3.56. The lowest BCUT2D eigenvalue weighted by molar-refractivity contribution is -0.159. The molecule has 1 aliphatic rings. The van der Waals surface area contributed by atoms with Crippen LogP contribution in [0.4, 0.5) is 4.79 Å². The largest absolute Gasteiger partial charge is 0.489 e. The number of hydrogen-bond donors (Lipinski definition) is 2. The fraction of sp³-hybridized carbons (Fsp3) is 0.250. The van der Waals surface area contributed by atoms with E-state index in [1.165, 1.54) is 4.90 Å². The first kappa shape index (κ1) is 24.3. The van der Waals surface area contributed by atoms with Crippen LogP contribution in [0, 0.1) is 5.92 Å². The maximum atomic E-state index is 12.7. The quantitative estimate of drug-likeness (QED) is 0.337. The van der Waals surface area contributed by atoms with Crippen LogP contribution in [0.1, 0.15) is 22.9 Å². The van der Waals surface area contributed by atoms with E-state index in [0.29, 0.717) is 25.3 Å². The Bertz CT molecular complexity index is 1330. The van der Waals surface area contributed by atoms with E-state index in [9.17, 15) is 14.7 Å². The molecule has 1 atom stereocenters. The number of carbonyl (C=O) groups is 2. The zero-order chi connectivity index (χ0) is 25.8. The number of likely N-dealkylation sites (tertiary alicyclic amines) is 1. The third-order valence-electron chi connectivity index (χ3n) is 6.32. The Balaban J connectivity index is 1.19. The van der Waals surface area contributed by atoms with Gasteiger partial charge in [0.25, 0.3) is 0 Å². The zero-order valence-corrected chi connectivity index (χ0v) is 20.0. The molecule has 1 saturated heterocycles. The molecule has 2 aromatic heterocycles. The molecule has 190 valence electrons. The Labute approximate surface area is 213 Å². The van der Waals surface area contributed by atoms with Gasteiger partial charge in [-0.2, -0.15) is 0 Å². The molecule has 1 aliphatic heterocycles. The molecule has 0 bridgehead atoms. The Morgan fingerprint density at radius 1 is 0.946 bits per heavy atom. The van der Waals surface area contributed by atoms with Crippen molar-refractivity contribution < 1.29 is 29.3 Å². The van der Waals surface area contributed by atoms with Crippen LogP contribution in [0.3, 0.4) is 0 Å². The average Bonchev–Trinajstić information content (AvgIpc) is 3.30. The van der Waals surface area contributed by atoms with Crippen LogP contribution in [0.2, 0.25) is 0 Å². The highest BCUT2D eigenvalue weighted by molar-refractivity contribution is 5.75. The fourth-order valence-corrected chi connectivity index (χ4v) is 4.38. The summed E-state index contributed by atoms with van der Waals surface area (Å²) in [6, 6.07) is 22.2. The lowest BCUT2D eigenvalue weighted by Crippen LogP contribution is -2.50. The number of nitrogens with zero attached hydrogens (tertiary/aromatic N) is 3. The number of fused-ring (bicyclic) bond motifs is 1. The van der Waals surface area contributed by atoms with Gasteiger partial charge in [-0.05, 0) is 35.6 Å². The molecule has 0 radical (unpaired) electrons. The molecule has 0 spiro atoms. The van der Waals surface area contributed by atoms with Gasteiger partial charge in [-0.15, -0.1) is 0 Å². The number of carboxylic acid groups (broad SMARTS) is 1. The summed E-state index contributed by atoms with van der Waals surface area (Å²) < 4.78 is 13.2. The first-order valence-corrected chi connectivity index (χ1v) is 12.0. The lowest BCUT2D eigenvalue weighted by atomic mass is 9.95. The number of imidazole rings is 1. The molecule has 37 heavy (non-hydrogen) atoms. The maximum Gasteiger partial charge on any atom is 0.407 e. The summed E-state index contributed by atoms with van der Waals surface area (Å²) in [7, 11) is 0. The molecular formula is C28H27N3O6. The molecular weight excluding hydrogens is 474 g/mol. The summed E-state index contributed by atoms with van der Waals surface area (Å²) in [5.74, 6) is -0.0558. The van der Waals surface area contributed by atoms with Gasteiger partial charge in [-0.3, -0.25) is 0 Å². The summed E-state index contributed by atoms with van der Waals surface area (Å²) in [6.07, 6.45) is 1.28. The van der Waals surface area contributed by atoms with Crippen LogP contribution < -0.4 is 4.74 Å². The second-order valence-corrected chi connectivity index (χ2v) is 9.09. The first-order valence-electron chi connectivity index (χ1n) is 12.0. The number of aliphatic hydroxyl groups excluding tert-OH is 1. The van der Waals surface area contributed by atoms with Crippen molar-refractivity contribution in [3.63, 3.8) is 0 Å². The van der Waals surface area contributed by atoms with E-state index in [2.05, 4.69) is 4.98 Å². The van der Waals surface area contributed by atoms with Gasteiger partial charge in [-0.25, -0.2) is 14.6 Å². The highest BCUT2D eigenvalue weighted by Gasteiger charge is 2.31. The van der Waals surface area contributed by atoms with Crippen LogP contribution >= 0.6 is 0 Å². The van der Waals surface area contributed by atoms with Gasteiger partial charge in [0.2, 0.25) is 0 Å². The van der Waals surface area contributed by atoms with Gasteiger partial charge >= 0.3 is 12.1 Å². The smallest absolute Gasteiger partial charge is 0.407 e. The molecule has 5 rings (SSSR count). The minimum atomic E-state index is -1.47. The van der Waals surface area contributed by atoms with Crippen LogP contribution in [0.15, 0.2) is 85.2 Å². The van der Waals surface area contributed by atoms with Crippen LogP contribution in [0.5, 0.6) is 5.75 Å². The predicted molar refractivity (Wildman–Crippen MR) is 134 cm³/mol. The lowest BCUT2D eigenvalue weighted by Gasteiger charge is -2.36. The van der Waals surface area contributed by atoms with E-state index in [4.69, 9.17) is 14.6 Å². The highest BCUT2D eigenvalue weighted by atomic mass is 16.6. The molecule has 1 unspecified atom stereocenters. The molecule has 2 N–H and O–H groups in total. The van der Waals surface area contributed by atoms with Crippen molar-refractivity contribution in [2.45, 2.75) is 18.6 Å². The van der Waals surface area contributed by atoms with E-state index in [1.807, 2.05) is 71.3 Å². The Kier molecular flexibility index (Phi) is 7.04. The third kappa shape index (κ3) is 5.73. The van der Waals surface area contributed by atoms with Crippen molar-refractivity contribution >= 4 is 17.7 Å². The monoisotopic (exact) mass is 501 g/mol. The van der Waals surface area contributed by atoms with E-state index in [-0.39, 0.29) is 12.5 Å². The number of esters is 1. The minimum Gasteiger partial charge on any atom is -0.489 e. The molecule has 1 amide bonds. The first-order chi connectivity index (χ1) is 18.0. The molecule has 2 aromatic carbocycles. The zero-order valence-electron chi connectivity index (χ0n) is 20.0. The fourth-order valence-electron chi connectivity index (χ4n) is 4.38. The standard InChI is InChI=1S/C28H27N3O6/c32-24(27(33)37-26(20-7-3-1-4-8-20)21-9-5-2-6-10-21)18-36-23-11-12-25-29-22(16-30(25)17-23)13-19-14-31(15-19)28(34)35/h1-12,16-17,19,24,26,32H,13-15,18H2,(H,34,35). The van der Waals surface area contributed by atoms with E-state index in [1.54, 1.807) is 18.3 Å². The van der Waals surface area contributed by atoms with Crippen molar-refractivity contribution in [1.29, 1.82) is 0 Å². The number of pyridine rings is 1. The summed E-state index contributed by atoms with van der Waals surface area (Å²) in [5, 5.41) is 19.4. The van der Waals surface area contributed by atoms with E-state index < -0.39 is 24.3 Å². The number of aromatic nitrogens is 2. The number of rotatable bonds is 9. The molecule has 9 nitrogen and oxygen atoms in total. The molecule has 1 fully saturated rings. The van der Waals surface area contributed by atoms with Crippen molar-refractivity contribution in [1.82, 2.24) is 14.3 Å². The second-order valence-electron chi connectivity index (χ2n) is 9.09. The Morgan fingerprint density at radius 2 is 1.59 bits per heavy atom. The average molecular weight is 502 g/mol. The van der Waals surface area contributed by atoms with Gasteiger partial charge in [-0.1, -0.05) is 60.7 Å².